The Balaban J connectivity index is 1.77. The van der Waals surface area contributed by atoms with Crippen molar-refractivity contribution in [1.29, 1.82) is 0 Å². The molecule has 0 unspecified atom stereocenters. The number of carbonyl (C=O) groups is 1. The van der Waals surface area contributed by atoms with E-state index in [1.165, 1.54) is 28.6 Å². The highest BCUT2D eigenvalue weighted by atomic mass is 35.5. The summed E-state index contributed by atoms with van der Waals surface area (Å²) in [6.45, 7) is 0.392. The van der Waals surface area contributed by atoms with E-state index in [4.69, 9.17) is 16.3 Å². The molecule has 0 spiro atoms. The molecule has 2 aromatic carbocycles. The fourth-order valence-electron chi connectivity index (χ4n) is 3.14. The molecule has 0 radical (unpaired) electrons. The standard InChI is InChI=1S/C20H19ClF3NO4S/c21-18-8-7-16(30(27,28)25-9-2-1-3-10-25)12-17(18)19(26)29-13-14-5-4-6-15(11-14)20(22,23)24/h4-8,11-12H,1-3,9-10,13H2. The Kier molecular flexibility index (Phi) is 6.74. The van der Waals surface area contributed by atoms with Gasteiger partial charge in [-0.15, -0.1) is 0 Å². The Morgan fingerprint density at radius 2 is 1.77 bits per heavy atom. The summed E-state index contributed by atoms with van der Waals surface area (Å²) in [6.07, 6.45) is -2.03. The Bertz CT molecular complexity index is 1030. The second-order valence-electron chi connectivity index (χ2n) is 6.88. The fraction of sp³-hybridized carbons (Fsp3) is 0.350. The third-order valence-electron chi connectivity index (χ3n) is 4.73. The van der Waals surface area contributed by atoms with Crippen molar-refractivity contribution in [3.8, 4) is 0 Å². The van der Waals surface area contributed by atoms with Crippen molar-refractivity contribution in [2.24, 2.45) is 0 Å². The summed E-state index contributed by atoms with van der Waals surface area (Å²) in [6, 6.07) is 8.14. The number of esters is 1. The van der Waals surface area contributed by atoms with Crippen LogP contribution in [-0.4, -0.2) is 31.8 Å². The lowest BCUT2D eigenvalue weighted by molar-refractivity contribution is -0.137. The monoisotopic (exact) mass is 461 g/mol. The molecule has 2 aromatic rings. The van der Waals surface area contributed by atoms with Gasteiger partial charge in [0.25, 0.3) is 0 Å². The zero-order chi connectivity index (χ0) is 21.9. The lowest BCUT2D eigenvalue weighted by atomic mass is 10.1. The predicted octanol–water partition coefficient (Wildman–Crippen LogP) is 4.89. The van der Waals surface area contributed by atoms with Crippen molar-refractivity contribution in [3.63, 3.8) is 0 Å². The number of ether oxygens (including phenoxy) is 1. The molecule has 0 saturated carbocycles. The summed E-state index contributed by atoms with van der Waals surface area (Å²) in [5.41, 5.74) is -0.878. The number of benzene rings is 2. The van der Waals surface area contributed by atoms with Crippen LogP contribution >= 0.6 is 11.6 Å². The van der Waals surface area contributed by atoms with Crippen LogP contribution in [-0.2, 0) is 27.5 Å². The Hall–Kier alpha value is -2.10. The predicted molar refractivity (Wildman–Crippen MR) is 105 cm³/mol. The zero-order valence-electron chi connectivity index (χ0n) is 15.8. The van der Waals surface area contributed by atoms with Crippen molar-refractivity contribution in [1.82, 2.24) is 4.31 Å². The van der Waals surface area contributed by atoms with Crippen LogP contribution in [0.3, 0.4) is 0 Å². The van der Waals surface area contributed by atoms with Gasteiger partial charge in [0.1, 0.15) is 6.61 Å². The maximum Gasteiger partial charge on any atom is 0.416 e. The molecule has 10 heteroatoms. The van der Waals surface area contributed by atoms with Gasteiger partial charge in [0.15, 0.2) is 0 Å². The van der Waals surface area contributed by atoms with E-state index in [1.54, 1.807) is 0 Å². The number of rotatable bonds is 5. The number of nitrogens with zero attached hydrogens (tertiary/aromatic N) is 1. The van der Waals surface area contributed by atoms with E-state index < -0.39 is 34.3 Å². The zero-order valence-corrected chi connectivity index (χ0v) is 17.4. The van der Waals surface area contributed by atoms with E-state index in [1.807, 2.05) is 0 Å². The number of hydrogen-bond donors (Lipinski definition) is 0. The number of sulfonamides is 1. The smallest absolute Gasteiger partial charge is 0.416 e. The lowest BCUT2D eigenvalue weighted by Gasteiger charge is -2.26. The minimum atomic E-state index is -4.51. The van der Waals surface area contributed by atoms with Gasteiger partial charge in [0.05, 0.1) is 21.0 Å². The first-order chi connectivity index (χ1) is 14.1. The maximum absolute atomic E-state index is 12.8. The fourth-order valence-corrected chi connectivity index (χ4v) is 4.88. The SMILES string of the molecule is O=C(OCc1cccc(C(F)(F)F)c1)c1cc(S(=O)(=O)N2CCCCC2)ccc1Cl. The van der Waals surface area contributed by atoms with Crippen molar-refractivity contribution in [3.05, 3.63) is 64.2 Å². The molecule has 1 heterocycles. The van der Waals surface area contributed by atoms with Gasteiger partial charge < -0.3 is 4.74 Å². The minimum absolute atomic E-state index is 0.0124. The third-order valence-corrected chi connectivity index (χ3v) is 6.96. The quantitative estimate of drug-likeness (QED) is 0.595. The summed E-state index contributed by atoms with van der Waals surface area (Å²) in [5, 5.41) is -0.0124. The van der Waals surface area contributed by atoms with Gasteiger partial charge in [0.2, 0.25) is 10.0 Å². The van der Waals surface area contributed by atoms with Gasteiger partial charge in [-0.2, -0.15) is 17.5 Å². The highest BCUT2D eigenvalue weighted by Crippen LogP contribution is 2.30. The normalized spacial score (nSPS) is 15.7. The van der Waals surface area contributed by atoms with E-state index in [0.717, 1.165) is 37.5 Å². The molecule has 162 valence electrons. The number of alkyl halides is 3. The second kappa shape index (κ2) is 8.95. The van der Waals surface area contributed by atoms with Crippen LogP contribution in [0.25, 0.3) is 0 Å². The average molecular weight is 462 g/mol. The van der Waals surface area contributed by atoms with Gasteiger partial charge in [0, 0.05) is 13.1 Å². The first kappa shape index (κ1) is 22.6. The van der Waals surface area contributed by atoms with Crippen molar-refractivity contribution >= 4 is 27.6 Å². The van der Waals surface area contributed by atoms with Gasteiger partial charge in [-0.05, 0) is 48.7 Å². The molecule has 1 aliphatic rings. The molecule has 5 nitrogen and oxygen atoms in total. The molecule has 3 rings (SSSR count). The van der Waals surface area contributed by atoms with Crippen LogP contribution in [0.5, 0.6) is 0 Å². The van der Waals surface area contributed by atoms with E-state index >= 15 is 0 Å². The van der Waals surface area contributed by atoms with Crippen LogP contribution < -0.4 is 0 Å². The number of hydrogen-bond acceptors (Lipinski definition) is 4. The molecule has 0 bridgehead atoms. The van der Waals surface area contributed by atoms with Gasteiger partial charge in [-0.25, -0.2) is 13.2 Å². The number of piperidine rings is 1. The maximum atomic E-state index is 12.8. The van der Waals surface area contributed by atoms with E-state index in [2.05, 4.69) is 0 Å². The van der Waals surface area contributed by atoms with E-state index in [0.29, 0.717) is 13.1 Å². The summed E-state index contributed by atoms with van der Waals surface area (Å²) < 4.78 is 70.5. The third kappa shape index (κ3) is 5.14. The first-order valence-electron chi connectivity index (χ1n) is 9.22. The molecule has 1 aliphatic heterocycles. The Morgan fingerprint density at radius 1 is 1.07 bits per heavy atom. The minimum Gasteiger partial charge on any atom is -0.457 e. The van der Waals surface area contributed by atoms with Crippen LogP contribution in [0.1, 0.15) is 40.7 Å². The van der Waals surface area contributed by atoms with E-state index in [-0.39, 0.29) is 21.0 Å². The number of halogens is 4. The van der Waals surface area contributed by atoms with Gasteiger partial charge >= 0.3 is 12.1 Å². The van der Waals surface area contributed by atoms with Crippen molar-refractivity contribution < 1.29 is 31.1 Å². The Morgan fingerprint density at radius 3 is 2.43 bits per heavy atom. The second-order valence-corrected chi connectivity index (χ2v) is 9.23. The lowest BCUT2D eigenvalue weighted by Crippen LogP contribution is -2.35. The summed E-state index contributed by atoms with van der Waals surface area (Å²) in [5.74, 6) is -0.923. The first-order valence-corrected chi connectivity index (χ1v) is 11.0. The molecule has 0 amide bonds. The molecular formula is C20H19ClF3NO4S. The molecule has 0 atom stereocenters. The molecule has 0 aliphatic carbocycles. The summed E-state index contributed by atoms with van der Waals surface area (Å²) in [4.78, 5) is 12.4. The molecule has 0 N–H and O–H groups in total. The largest absolute Gasteiger partial charge is 0.457 e. The molecule has 0 aromatic heterocycles. The highest BCUT2D eigenvalue weighted by molar-refractivity contribution is 7.89. The van der Waals surface area contributed by atoms with Crippen molar-refractivity contribution in [2.45, 2.75) is 36.9 Å². The van der Waals surface area contributed by atoms with Crippen LogP contribution in [0.2, 0.25) is 5.02 Å². The molecule has 30 heavy (non-hydrogen) atoms. The van der Waals surface area contributed by atoms with Crippen LogP contribution in [0.15, 0.2) is 47.4 Å². The molecular weight excluding hydrogens is 443 g/mol. The summed E-state index contributed by atoms with van der Waals surface area (Å²) in [7, 11) is -3.78. The topological polar surface area (TPSA) is 63.7 Å². The van der Waals surface area contributed by atoms with E-state index in [9.17, 15) is 26.4 Å². The van der Waals surface area contributed by atoms with Gasteiger partial charge in [-0.3, -0.25) is 0 Å². The van der Waals surface area contributed by atoms with Crippen molar-refractivity contribution in [2.75, 3.05) is 13.1 Å². The number of carbonyl (C=O) groups excluding carboxylic acids is 1. The Labute approximate surface area is 177 Å². The van der Waals surface area contributed by atoms with Crippen LogP contribution in [0.4, 0.5) is 13.2 Å². The summed E-state index contributed by atoms with van der Waals surface area (Å²) >= 11 is 6.04. The molecule has 1 saturated heterocycles. The average Bonchev–Trinajstić information content (AvgIpc) is 2.72. The molecule has 1 fully saturated rings. The van der Waals surface area contributed by atoms with Gasteiger partial charge in [-0.1, -0.05) is 30.2 Å². The highest BCUT2D eigenvalue weighted by Gasteiger charge is 2.30. The van der Waals surface area contributed by atoms with Crippen LogP contribution in [0, 0.1) is 0 Å².